The van der Waals surface area contributed by atoms with Crippen LogP contribution in [0, 0.1) is 12.8 Å². The van der Waals surface area contributed by atoms with Crippen molar-refractivity contribution < 1.29 is 14.9 Å². The first-order valence-corrected chi connectivity index (χ1v) is 12.8. The van der Waals surface area contributed by atoms with Crippen LogP contribution in [0.15, 0.2) is 35.1 Å². The Morgan fingerprint density at radius 3 is 2.86 bits per heavy atom. The van der Waals surface area contributed by atoms with Crippen molar-refractivity contribution in [3.05, 3.63) is 35.7 Å². The fourth-order valence-corrected chi connectivity index (χ4v) is 6.29. The summed E-state index contributed by atoms with van der Waals surface area (Å²) in [6.07, 6.45) is 8.10. The molecule has 3 aromatic heterocycles. The predicted octanol–water partition coefficient (Wildman–Crippen LogP) is 2.44. The van der Waals surface area contributed by atoms with Crippen molar-refractivity contribution in [3.8, 4) is 23.0 Å². The number of aryl methyl sites for hydroxylation is 1. The largest absolute Gasteiger partial charge is 0.479 e. The van der Waals surface area contributed by atoms with Crippen molar-refractivity contribution in [2.45, 2.75) is 44.4 Å². The maximum atomic E-state index is 11.1. The van der Waals surface area contributed by atoms with Gasteiger partial charge >= 0.3 is 0 Å². The minimum atomic E-state index is -1.26. The van der Waals surface area contributed by atoms with Gasteiger partial charge in [-0.2, -0.15) is 5.10 Å². The molecule has 5 heterocycles. The van der Waals surface area contributed by atoms with E-state index in [4.69, 9.17) is 19.8 Å². The maximum Gasteiger partial charge on any atom is 0.238 e. The Labute approximate surface area is 207 Å². The molecular weight excluding hydrogens is 466 g/mol. The minimum Gasteiger partial charge on any atom is -0.479 e. The zero-order valence-corrected chi connectivity index (χ0v) is 20.6. The van der Waals surface area contributed by atoms with Crippen molar-refractivity contribution >= 4 is 22.2 Å². The number of nitrogens with zero attached hydrogens (tertiary/aromatic N) is 7. The van der Waals surface area contributed by atoms with E-state index < -0.39 is 5.60 Å². The average Bonchev–Trinajstić information content (AvgIpc) is 3.61. The summed E-state index contributed by atoms with van der Waals surface area (Å²) in [4.78, 5) is 16.1. The fraction of sp³-hybridized carbons (Fsp3) is 0.500. The summed E-state index contributed by atoms with van der Waals surface area (Å²) in [6.45, 7) is 2.25. The summed E-state index contributed by atoms with van der Waals surface area (Å²) in [6, 6.07) is 3.88. The van der Waals surface area contributed by atoms with E-state index in [1.54, 1.807) is 13.4 Å². The Kier molecular flexibility index (Phi) is 5.50. The standard InChI is InChI=1S/C24H29N7O3S/c1-15-9-29(14-25-15)20-8-7-18(26-21(20)34-2)19-10-35-23(27-19)30-11-24(33,13-32)12-31-22(30)16-5-3-4-6-17(16)28-31/h7-10,14,16,22,32-33H,3-6,11-13H2,1-2H3. The van der Waals surface area contributed by atoms with E-state index in [-0.39, 0.29) is 12.8 Å². The number of hydrogen-bond acceptors (Lipinski definition) is 10. The van der Waals surface area contributed by atoms with Crippen molar-refractivity contribution in [2.75, 3.05) is 31.7 Å². The molecule has 3 aromatic rings. The SMILES string of the molecule is COc1nc(-c2csc(N3CC(O)(CO)CN4N=C5CCCCC5C43)n2)ccc1-n1cnc(C)c1. The fourth-order valence-electron chi connectivity index (χ4n) is 5.44. The molecule has 2 fully saturated rings. The first-order chi connectivity index (χ1) is 17.0. The summed E-state index contributed by atoms with van der Waals surface area (Å²) in [5.74, 6) is 0.819. The summed E-state index contributed by atoms with van der Waals surface area (Å²) in [5.41, 5.74) is 3.12. The average molecular weight is 496 g/mol. The number of methoxy groups -OCH3 is 1. The van der Waals surface area contributed by atoms with Gasteiger partial charge in [0.25, 0.3) is 0 Å². The highest BCUT2D eigenvalue weighted by atomic mass is 32.1. The van der Waals surface area contributed by atoms with Gasteiger partial charge in [0.05, 0.1) is 44.5 Å². The van der Waals surface area contributed by atoms with Crippen LogP contribution in [-0.4, -0.2) is 79.0 Å². The molecule has 1 saturated heterocycles. The van der Waals surface area contributed by atoms with E-state index in [1.165, 1.54) is 23.5 Å². The summed E-state index contributed by atoms with van der Waals surface area (Å²) < 4.78 is 7.46. The molecule has 1 saturated carbocycles. The Morgan fingerprint density at radius 2 is 2.09 bits per heavy atom. The number of aromatic nitrogens is 4. The van der Waals surface area contributed by atoms with E-state index in [2.05, 4.69) is 9.88 Å². The number of aliphatic hydroxyl groups is 2. The van der Waals surface area contributed by atoms with Crippen LogP contribution in [0.2, 0.25) is 0 Å². The molecule has 0 radical (unpaired) electrons. The molecular formula is C24H29N7O3S. The number of thiazole rings is 1. The van der Waals surface area contributed by atoms with Crippen molar-refractivity contribution in [1.29, 1.82) is 0 Å². The summed E-state index contributed by atoms with van der Waals surface area (Å²) >= 11 is 1.52. The maximum absolute atomic E-state index is 11.1. The van der Waals surface area contributed by atoms with Gasteiger partial charge in [0.2, 0.25) is 5.88 Å². The molecule has 2 aliphatic heterocycles. The molecule has 0 spiro atoms. The minimum absolute atomic E-state index is 0.0190. The molecule has 3 aliphatic rings. The van der Waals surface area contributed by atoms with Crippen LogP contribution in [0.3, 0.4) is 0 Å². The lowest BCUT2D eigenvalue weighted by atomic mass is 9.84. The Hall–Kier alpha value is -3.02. The molecule has 3 atom stereocenters. The van der Waals surface area contributed by atoms with Gasteiger partial charge < -0.3 is 24.4 Å². The zero-order chi connectivity index (χ0) is 24.2. The van der Waals surface area contributed by atoms with E-state index in [0.29, 0.717) is 30.6 Å². The number of fused-ring (bicyclic) bond motifs is 3. The molecule has 6 rings (SSSR count). The van der Waals surface area contributed by atoms with Crippen LogP contribution in [-0.2, 0) is 0 Å². The number of rotatable bonds is 5. The van der Waals surface area contributed by atoms with Gasteiger partial charge in [0, 0.05) is 23.2 Å². The second-order valence-electron chi connectivity index (χ2n) is 9.63. The number of imidazole rings is 1. The highest BCUT2D eigenvalue weighted by Gasteiger charge is 2.50. The number of hydrazone groups is 1. The van der Waals surface area contributed by atoms with Crippen molar-refractivity contribution in [1.82, 2.24) is 24.5 Å². The first kappa shape index (κ1) is 22.4. The molecule has 184 valence electrons. The van der Waals surface area contributed by atoms with Gasteiger partial charge in [-0.15, -0.1) is 11.3 Å². The molecule has 11 heteroatoms. The van der Waals surface area contributed by atoms with Crippen LogP contribution in [0.5, 0.6) is 5.88 Å². The molecule has 0 amide bonds. The van der Waals surface area contributed by atoms with Gasteiger partial charge in [-0.1, -0.05) is 6.42 Å². The van der Waals surface area contributed by atoms with Crippen molar-refractivity contribution in [2.24, 2.45) is 11.0 Å². The lowest BCUT2D eigenvalue weighted by Crippen LogP contribution is -2.65. The predicted molar refractivity (Wildman–Crippen MR) is 133 cm³/mol. The van der Waals surface area contributed by atoms with Crippen LogP contribution < -0.4 is 9.64 Å². The Morgan fingerprint density at radius 1 is 1.20 bits per heavy atom. The third-order valence-electron chi connectivity index (χ3n) is 7.11. The quantitative estimate of drug-likeness (QED) is 0.555. The molecule has 10 nitrogen and oxygen atoms in total. The highest BCUT2D eigenvalue weighted by molar-refractivity contribution is 7.14. The molecule has 0 aromatic carbocycles. The normalized spacial score (nSPS) is 25.9. The number of β-amino-alcohol motifs (C(OH)–C–C–N with tert-alkyl or cyclic N) is 1. The van der Waals surface area contributed by atoms with Gasteiger partial charge in [0.15, 0.2) is 5.13 Å². The molecule has 3 unspecified atom stereocenters. The number of hydrogen-bond donors (Lipinski definition) is 2. The summed E-state index contributed by atoms with van der Waals surface area (Å²) in [7, 11) is 1.60. The van der Waals surface area contributed by atoms with E-state index >= 15 is 0 Å². The topological polar surface area (TPSA) is 112 Å². The second-order valence-corrected chi connectivity index (χ2v) is 10.5. The highest BCUT2D eigenvalue weighted by Crippen LogP contribution is 2.42. The molecule has 1 aliphatic carbocycles. The number of pyridine rings is 1. The van der Waals surface area contributed by atoms with E-state index in [9.17, 15) is 10.2 Å². The van der Waals surface area contributed by atoms with E-state index in [1.807, 2.05) is 40.2 Å². The van der Waals surface area contributed by atoms with Gasteiger partial charge in [0.1, 0.15) is 23.1 Å². The molecule has 35 heavy (non-hydrogen) atoms. The number of aliphatic hydroxyl groups excluding tert-OH is 1. The zero-order valence-electron chi connectivity index (χ0n) is 19.8. The summed E-state index contributed by atoms with van der Waals surface area (Å²) in [5, 5.41) is 30.6. The third kappa shape index (κ3) is 3.87. The van der Waals surface area contributed by atoms with Gasteiger partial charge in [-0.3, -0.25) is 5.01 Å². The monoisotopic (exact) mass is 495 g/mol. The Balaban J connectivity index is 1.33. The smallest absolute Gasteiger partial charge is 0.238 e. The van der Waals surface area contributed by atoms with E-state index in [0.717, 1.165) is 41.5 Å². The molecule has 0 bridgehead atoms. The van der Waals surface area contributed by atoms with Gasteiger partial charge in [-0.05, 0) is 38.3 Å². The van der Waals surface area contributed by atoms with Crippen molar-refractivity contribution in [3.63, 3.8) is 0 Å². The Bertz CT molecular complexity index is 1270. The third-order valence-corrected chi connectivity index (χ3v) is 7.98. The van der Waals surface area contributed by atoms with Crippen LogP contribution in [0.25, 0.3) is 17.1 Å². The number of anilines is 1. The lowest BCUT2D eigenvalue weighted by Gasteiger charge is -2.48. The first-order valence-electron chi connectivity index (χ1n) is 11.9. The van der Waals surface area contributed by atoms with Crippen LogP contribution in [0.1, 0.15) is 31.4 Å². The van der Waals surface area contributed by atoms with Crippen LogP contribution >= 0.6 is 11.3 Å². The second kappa shape index (κ2) is 8.58. The lowest BCUT2D eigenvalue weighted by molar-refractivity contribution is -0.0672. The number of ether oxygens (including phenoxy) is 1. The van der Waals surface area contributed by atoms with Crippen LogP contribution in [0.4, 0.5) is 5.13 Å². The van der Waals surface area contributed by atoms with Gasteiger partial charge in [-0.25, -0.2) is 15.0 Å². The molecule has 2 N–H and O–H groups in total.